The third kappa shape index (κ3) is 3.03. The summed E-state index contributed by atoms with van der Waals surface area (Å²) in [6, 6.07) is 6.80. The van der Waals surface area contributed by atoms with Gasteiger partial charge in [-0.15, -0.1) is 0 Å². The van der Waals surface area contributed by atoms with Gasteiger partial charge >= 0.3 is 5.97 Å². The van der Waals surface area contributed by atoms with Crippen molar-refractivity contribution in [2.24, 2.45) is 11.8 Å². The Hall–Kier alpha value is -1.60. The van der Waals surface area contributed by atoms with Crippen LogP contribution in [0.3, 0.4) is 0 Å². The van der Waals surface area contributed by atoms with Gasteiger partial charge in [-0.1, -0.05) is 19.1 Å². The summed E-state index contributed by atoms with van der Waals surface area (Å²) in [6.45, 7) is 3.05. The molecule has 1 aromatic carbocycles. The van der Waals surface area contributed by atoms with Gasteiger partial charge in [0.2, 0.25) is 10.0 Å². The summed E-state index contributed by atoms with van der Waals surface area (Å²) in [7, 11) is -0.778. The molecule has 2 unspecified atom stereocenters. The summed E-state index contributed by atoms with van der Waals surface area (Å²) in [6.07, 6.45) is 0. The predicted molar refractivity (Wildman–Crippen MR) is 79.6 cm³/mol. The molecule has 2 rings (SSSR count). The van der Waals surface area contributed by atoms with Gasteiger partial charge in [-0.05, 0) is 25.1 Å². The van der Waals surface area contributed by atoms with Crippen molar-refractivity contribution in [1.29, 1.82) is 0 Å². The second-order valence-electron chi connectivity index (χ2n) is 5.19. The quantitative estimate of drug-likeness (QED) is 0.834. The van der Waals surface area contributed by atoms with Gasteiger partial charge in [0.05, 0.1) is 18.7 Å². The van der Waals surface area contributed by atoms with Crippen LogP contribution in [-0.4, -0.2) is 41.6 Å². The van der Waals surface area contributed by atoms with E-state index in [1.807, 2.05) is 11.8 Å². The Kier molecular flexibility index (Phi) is 4.53. The van der Waals surface area contributed by atoms with Gasteiger partial charge < -0.3 is 9.64 Å². The Balaban J connectivity index is 2.35. The Bertz CT molecular complexity index is 630. The maximum Gasteiger partial charge on any atom is 0.310 e. The number of benzene rings is 1. The van der Waals surface area contributed by atoms with Crippen LogP contribution in [0.25, 0.3) is 0 Å². The first-order chi connectivity index (χ1) is 9.90. The zero-order valence-corrected chi connectivity index (χ0v) is 13.2. The molecular formula is C14H20N2O4S. The van der Waals surface area contributed by atoms with Crippen molar-refractivity contribution in [3.05, 3.63) is 24.3 Å². The average Bonchev–Trinajstić information content (AvgIpc) is 2.88. The Labute approximate surface area is 125 Å². The fourth-order valence-corrected chi connectivity index (χ4v) is 3.63. The SMILES string of the molecule is CNS(=O)(=O)c1ccccc1N1CC(C)C(C(=O)OC)C1. The van der Waals surface area contributed by atoms with Gasteiger partial charge in [-0.25, -0.2) is 13.1 Å². The van der Waals surface area contributed by atoms with Crippen molar-refractivity contribution in [2.45, 2.75) is 11.8 Å². The van der Waals surface area contributed by atoms with Gasteiger partial charge in [0.1, 0.15) is 4.90 Å². The van der Waals surface area contributed by atoms with Crippen LogP contribution in [0.15, 0.2) is 29.2 Å². The van der Waals surface area contributed by atoms with Crippen molar-refractivity contribution < 1.29 is 17.9 Å². The molecule has 1 aliphatic heterocycles. The largest absolute Gasteiger partial charge is 0.469 e. The first-order valence-corrected chi connectivity index (χ1v) is 8.24. The molecule has 1 saturated heterocycles. The van der Waals surface area contributed by atoms with E-state index in [0.717, 1.165) is 0 Å². The summed E-state index contributed by atoms with van der Waals surface area (Å²) < 4.78 is 31.3. The van der Waals surface area contributed by atoms with Crippen LogP contribution < -0.4 is 9.62 Å². The molecule has 0 spiro atoms. The molecule has 0 aliphatic carbocycles. The molecule has 1 fully saturated rings. The van der Waals surface area contributed by atoms with Crippen LogP contribution in [0.2, 0.25) is 0 Å². The number of esters is 1. The summed E-state index contributed by atoms with van der Waals surface area (Å²) in [5, 5.41) is 0. The summed E-state index contributed by atoms with van der Waals surface area (Å²) in [5.74, 6) is -0.373. The maximum absolute atomic E-state index is 12.1. The zero-order chi connectivity index (χ0) is 15.6. The molecule has 0 bridgehead atoms. The topological polar surface area (TPSA) is 75.7 Å². The molecule has 2 atom stereocenters. The minimum atomic E-state index is -3.53. The normalized spacial score (nSPS) is 22.3. The lowest BCUT2D eigenvalue weighted by atomic mass is 9.99. The second kappa shape index (κ2) is 6.03. The van der Waals surface area contributed by atoms with E-state index in [2.05, 4.69) is 4.72 Å². The molecule has 0 amide bonds. The Morgan fingerprint density at radius 3 is 2.62 bits per heavy atom. The molecular weight excluding hydrogens is 292 g/mol. The van der Waals surface area contributed by atoms with Gasteiger partial charge in [-0.2, -0.15) is 0 Å². The molecule has 1 N–H and O–H groups in total. The van der Waals surface area contributed by atoms with E-state index in [-0.39, 0.29) is 22.7 Å². The van der Waals surface area contributed by atoms with Crippen molar-refractivity contribution in [3.8, 4) is 0 Å². The minimum absolute atomic E-state index is 0.114. The number of anilines is 1. The van der Waals surface area contributed by atoms with E-state index in [1.54, 1.807) is 24.3 Å². The molecule has 1 heterocycles. The number of carbonyl (C=O) groups excluding carboxylic acids is 1. The number of ether oxygens (including phenoxy) is 1. The number of hydrogen-bond acceptors (Lipinski definition) is 5. The monoisotopic (exact) mass is 312 g/mol. The standard InChI is InChI=1S/C14H20N2O4S/c1-10-8-16(9-11(10)14(17)20-3)12-6-4-5-7-13(12)21(18,19)15-2/h4-7,10-11,15H,8-9H2,1-3H3. The highest BCUT2D eigenvalue weighted by Gasteiger charge is 2.37. The van der Waals surface area contributed by atoms with Crippen LogP contribution in [0.4, 0.5) is 5.69 Å². The predicted octanol–water partition coefficient (Wildman–Crippen LogP) is 0.840. The fourth-order valence-electron chi connectivity index (χ4n) is 2.68. The van der Waals surface area contributed by atoms with E-state index in [9.17, 15) is 13.2 Å². The van der Waals surface area contributed by atoms with Crippen LogP contribution >= 0.6 is 0 Å². The first-order valence-electron chi connectivity index (χ1n) is 6.76. The lowest BCUT2D eigenvalue weighted by Crippen LogP contribution is -2.27. The molecule has 116 valence electrons. The van der Waals surface area contributed by atoms with Crippen molar-refractivity contribution in [3.63, 3.8) is 0 Å². The summed E-state index contributed by atoms with van der Waals surface area (Å²) >= 11 is 0. The average molecular weight is 312 g/mol. The number of para-hydroxylation sites is 1. The molecule has 21 heavy (non-hydrogen) atoms. The third-order valence-corrected chi connectivity index (χ3v) is 5.34. The highest BCUT2D eigenvalue weighted by molar-refractivity contribution is 7.89. The number of rotatable bonds is 4. The van der Waals surface area contributed by atoms with Crippen molar-refractivity contribution in [1.82, 2.24) is 4.72 Å². The molecule has 6 nitrogen and oxygen atoms in total. The molecule has 7 heteroatoms. The molecule has 0 aromatic heterocycles. The van der Waals surface area contributed by atoms with E-state index < -0.39 is 10.0 Å². The first kappa shape index (κ1) is 15.8. The van der Waals surface area contributed by atoms with Gasteiger partial charge in [0.15, 0.2) is 0 Å². The second-order valence-corrected chi connectivity index (χ2v) is 7.04. The Morgan fingerprint density at radius 1 is 1.33 bits per heavy atom. The lowest BCUT2D eigenvalue weighted by molar-refractivity contribution is -0.145. The van der Waals surface area contributed by atoms with Crippen LogP contribution in [-0.2, 0) is 19.6 Å². The van der Waals surface area contributed by atoms with Gasteiger partial charge in [-0.3, -0.25) is 4.79 Å². The van der Waals surface area contributed by atoms with E-state index in [0.29, 0.717) is 18.8 Å². The van der Waals surface area contributed by atoms with E-state index in [4.69, 9.17) is 4.74 Å². The van der Waals surface area contributed by atoms with Crippen LogP contribution in [0.1, 0.15) is 6.92 Å². The Morgan fingerprint density at radius 2 is 2.00 bits per heavy atom. The van der Waals surface area contributed by atoms with Crippen molar-refractivity contribution >= 4 is 21.7 Å². The smallest absolute Gasteiger partial charge is 0.310 e. The van der Waals surface area contributed by atoms with Gasteiger partial charge in [0, 0.05) is 13.1 Å². The van der Waals surface area contributed by atoms with Crippen LogP contribution in [0, 0.1) is 11.8 Å². The number of nitrogens with one attached hydrogen (secondary N) is 1. The minimum Gasteiger partial charge on any atom is -0.469 e. The molecule has 0 radical (unpaired) electrons. The highest BCUT2D eigenvalue weighted by Crippen LogP contribution is 2.32. The number of nitrogens with zero attached hydrogens (tertiary/aromatic N) is 1. The fraction of sp³-hybridized carbons (Fsp3) is 0.500. The number of hydrogen-bond donors (Lipinski definition) is 1. The van der Waals surface area contributed by atoms with Gasteiger partial charge in [0.25, 0.3) is 0 Å². The van der Waals surface area contributed by atoms with E-state index >= 15 is 0 Å². The molecule has 1 aliphatic rings. The van der Waals surface area contributed by atoms with Crippen LogP contribution in [0.5, 0.6) is 0 Å². The number of methoxy groups -OCH3 is 1. The summed E-state index contributed by atoms with van der Waals surface area (Å²) in [4.78, 5) is 13.9. The maximum atomic E-state index is 12.1. The lowest BCUT2D eigenvalue weighted by Gasteiger charge is -2.21. The van der Waals surface area contributed by atoms with Crippen molar-refractivity contribution in [2.75, 3.05) is 32.1 Å². The zero-order valence-electron chi connectivity index (χ0n) is 12.4. The number of sulfonamides is 1. The highest BCUT2D eigenvalue weighted by atomic mass is 32.2. The van der Waals surface area contributed by atoms with E-state index in [1.165, 1.54) is 14.2 Å². The third-order valence-electron chi connectivity index (χ3n) is 3.88. The molecule has 0 saturated carbocycles. The number of carbonyl (C=O) groups is 1. The molecule has 1 aromatic rings. The summed E-state index contributed by atoms with van der Waals surface area (Å²) in [5.41, 5.74) is 0.616.